The van der Waals surface area contributed by atoms with E-state index < -0.39 is 10.0 Å². The molecule has 0 amide bonds. The molecule has 2 heterocycles. The molecule has 0 aliphatic carbocycles. The molecule has 6 nitrogen and oxygen atoms in total. The van der Waals surface area contributed by atoms with Gasteiger partial charge in [0.1, 0.15) is 0 Å². The maximum Gasteiger partial charge on any atom is 0.215 e. The Balaban J connectivity index is 1.90. The Morgan fingerprint density at radius 2 is 2.17 bits per heavy atom. The largest absolute Gasteiger partial charge is 0.357 e. The van der Waals surface area contributed by atoms with Gasteiger partial charge in [-0.15, -0.1) is 11.3 Å². The van der Waals surface area contributed by atoms with Crippen LogP contribution in [0.5, 0.6) is 0 Å². The third-order valence-corrected chi connectivity index (χ3v) is 7.50. The first-order chi connectivity index (χ1) is 11.5. The first-order valence-corrected chi connectivity index (χ1v) is 11.8. The third kappa shape index (κ3) is 5.94. The van der Waals surface area contributed by atoms with Crippen LogP contribution in [0.2, 0.25) is 0 Å². The lowest BCUT2D eigenvalue weighted by Crippen LogP contribution is -2.41. The Kier molecular flexibility index (Phi) is 7.86. The van der Waals surface area contributed by atoms with E-state index in [4.69, 9.17) is 0 Å². The fourth-order valence-corrected chi connectivity index (χ4v) is 5.55. The number of rotatable bonds is 7. The molecule has 1 aromatic heterocycles. The second-order valence-electron chi connectivity index (χ2n) is 5.47. The first-order valence-electron chi connectivity index (χ1n) is 8.16. The quantitative estimate of drug-likeness (QED) is 0.548. The minimum Gasteiger partial charge on any atom is -0.357 e. The van der Waals surface area contributed by atoms with E-state index >= 15 is 0 Å². The van der Waals surface area contributed by atoms with Crippen LogP contribution < -0.4 is 10.6 Å². The van der Waals surface area contributed by atoms with Gasteiger partial charge in [-0.1, -0.05) is 6.07 Å². The number of hydrogen-bond donors (Lipinski definition) is 2. The van der Waals surface area contributed by atoms with Crippen LogP contribution in [0, 0.1) is 0 Å². The molecule has 9 heteroatoms. The molecular formula is C15H26N4O2S3. The molecule has 0 spiro atoms. The molecule has 0 radical (unpaired) electrons. The van der Waals surface area contributed by atoms with E-state index in [-0.39, 0.29) is 18.3 Å². The van der Waals surface area contributed by atoms with Crippen LogP contribution in [-0.2, 0) is 10.0 Å². The molecular weight excluding hydrogens is 364 g/mol. The van der Waals surface area contributed by atoms with E-state index in [9.17, 15) is 8.42 Å². The fourth-order valence-electron chi connectivity index (χ4n) is 2.36. The van der Waals surface area contributed by atoms with Crippen molar-refractivity contribution in [1.29, 1.82) is 0 Å². The van der Waals surface area contributed by atoms with E-state index in [0.29, 0.717) is 19.0 Å². The highest BCUT2D eigenvalue weighted by atomic mass is 32.2. The zero-order chi connectivity index (χ0) is 17.4. The summed E-state index contributed by atoms with van der Waals surface area (Å²) in [6.07, 6.45) is 0. The molecule has 2 rings (SSSR count). The second-order valence-corrected chi connectivity index (χ2v) is 9.76. The van der Waals surface area contributed by atoms with Gasteiger partial charge in [0.25, 0.3) is 0 Å². The van der Waals surface area contributed by atoms with Crippen LogP contribution in [0.4, 0.5) is 0 Å². The molecule has 1 unspecified atom stereocenters. The molecule has 0 bridgehead atoms. The van der Waals surface area contributed by atoms with Crippen molar-refractivity contribution < 1.29 is 8.42 Å². The van der Waals surface area contributed by atoms with Crippen molar-refractivity contribution in [3.63, 3.8) is 0 Å². The van der Waals surface area contributed by atoms with Crippen molar-refractivity contribution in [3.8, 4) is 0 Å². The summed E-state index contributed by atoms with van der Waals surface area (Å²) >= 11 is 3.49. The van der Waals surface area contributed by atoms with Crippen LogP contribution in [0.25, 0.3) is 0 Å². The minimum absolute atomic E-state index is 0.0572. The summed E-state index contributed by atoms with van der Waals surface area (Å²) in [6, 6.07) is 4.23. The van der Waals surface area contributed by atoms with Gasteiger partial charge in [0, 0.05) is 36.0 Å². The summed E-state index contributed by atoms with van der Waals surface area (Å²) in [4.78, 5) is 5.65. The Bertz CT molecular complexity index is 611. The van der Waals surface area contributed by atoms with E-state index in [1.807, 2.05) is 18.4 Å². The minimum atomic E-state index is -3.21. The van der Waals surface area contributed by atoms with Gasteiger partial charge in [0.05, 0.1) is 18.3 Å². The van der Waals surface area contributed by atoms with Crippen LogP contribution >= 0.6 is 23.1 Å². The van der Waals surface area contributed by atoms with Crippen molar-refractivity contribution in [3.05, 3.63) is 22.4 Å². The average molecular weight is 391 g/mol. The van der Waals surface area contributed by atoms with Crippen molar-refractivity contribution >= 4 is 39.1 Å². The maximum atomic E-state index is 12.3. The average Bonchev–Trinajstić information content (AvgIpc) is 3.10. The molecule has 0 saturated carbocycles. The van der Waals surface area contributed by atoms with Gasteiger partial charge in [0.15, 0.2) is 5.96 Å². The molecule has 24 heavy (non-hydrogen) atoms. The summed E-state index contributed by atoms with van der Waals surface area (Å²) in [5, 5.41) is 8.54. The molecule has 1 aliphatic heterocycles. The second kappa shape index (κ2) is 9.65. The van der Waals surface area contributed by atoms with Crippen LogP contribution in [0.15, 0.2) is 22.5 Å². The monoisotopic (exact) mass is 390 g/mol. The predicted octanol–water partition coefficient (Wildman–Crippen LogP) is 1.74. The van der Waals surface area contributed by atoms with Gasteiger partial charge in [-0.2, -0.15) is 11.8 Å². The van der Waals surface area contributed by atoms with Gasteiger partial charge in [-0.25, -0.2) is 12.7 Å². The first kappa shape index (κ1) is 19.6. The molecule has 136 valence electrons. The smallest absolute Gasteiger partial charge is 0.215 e. The van der Waals surface area contributed by atoms with Crippen molar-refractivity contribution in [1.82, 2.24) is 14.9 Å². The molecule has 1 aliphatic rings. The van der Waals surface area contributed by atoms with E-state index in [1.165, 1.54) is 4.88 Å². The lowest BCUT2D eigenvalue weighted by molar-refractivity contribution is 0.444. The van der Waals surface area contributed by atoms with Crippen molar-refractivity contribution in [2.24, 2.45) is 4.99 Å². The van der Waals surface area contributed by atoms with Gasteiger partial charge in [-0.3, -0.25) is 4.99 Å². The summed E-state index contributed by atoms with van der Waals surface area (Å²) in [6.45, 7) is 6.29. The van der Waals surface area contributed by atoms with E-state index in [0.717, 1.165) is 18.1 Å². The zero-order valence-electron chi connectivity index (χ0n) is 14.2. The zero-order valence-corrected chi connectivity index (χ0v) is 16.6. The van der Waals surface area contributed by atoms with Crippen molar-refractivity contribution in [2.45, 2.75) is 19.9 Å². The number of guanidine groups is 1. The Labute approximate surface area is 153 Å². The molecule has 0 aromatic carbocycles. The van der Waals surface area contributed by atoms with Crippen LogP contribution in [0.3, 0.4) is 0 Å². The number of thiophene rings is 1. The summed E-state index contributed by atoms with van der Waals surface area (Å²) in [7, 11) is -3.21. The number of sulfonamides is 1. The summed E-state index contributed by atoms with van der Waals surface area (Å²) in [5.41, 5.74) is 0. The summed E-state index contributed by atoms with van der Waals surface area (Å²) < 4.78 is 26.3. The van der Waals surface area contributed by atoms with Gasteiger partial charge in [0.2, 0.25) is 10.0 Å². The molecule has 1 aromatic rings. The van der Waals surface area contributed by atoms with Gasteiger partial charge >= 0.3 is 0 Å². The topological polar surface area (TPSA) is 73.8 Å². The standard InChI is InChI=1S/C15H26N4O2S3/c1-3-16-15(18-13(2)14-5-4-9-23-14)17-6-12-24(20,21)19-7-10-22-11-8-19/h4-5,9,13H,3,6-8,10-12H2,1-2H3,(H2,16,17,18). The Morgan fingerprint density at radius 3 is 2.79 bits per heavy atom. The van der Waals surface area contributed by atoms with Crippen LogP contribution in [0.1, 0.15) is 24.8 Å². The van der Waals surface area contributed by atoms with E-state index in [2.05, 4.69) is 28.6 Å². The number of nitrogens with one attached hydrogen (secondary N) is 2. The number of thioether (sulfide) groups is 1. The van der Waals surface area contributed by atoms with Crippen molar-refractivity contribution in [2.75, 3.05) is 43.4 Å². The van der Waals surface area contributed by atoms with Gasteiger partial charge in [-0.05, 0) is 25.3 Å². The maximum absolute atomic E-state index is 12.3. The van der Waals surface area contributed by atoms with E-state index in [1.54, 1.807) is 27.4 Å². The molecule has 1 fully saturated rings. The number of aliphatic imine (C=N–C) groups is 1. The SMILES string of the molecule is CCNC(=NCCS(=O)(=O)N1CCSCC1)NC(C)c1cccs1. The highest BCUT2D eigenvalue weighted by Gasteiger charge is 2.23. The summed E-state index contributed by atoms with van der Waals surface area (Å²) in [5.74, 6) is 2.47. The highest BCUT2D eigenvalue weighted by Crippen LogP contribution is 2.18. The normalized spacial score (nSPS) is 18.3. The highest BCUT2D eigenvalue weighted by molar-refractivity contribution is 7.99. The fraction of sp³-hybridized carbons (Fsp3) is 0.667. The molecule has 1 saturated heterocycles. The molecule has 2 N–H and O–H groups in total. The Morgan fingerprint density at radius 1 is 1.42 bits per heavy atom. The number of hydrogen-bond acceptors (Lipinski definition) is 5. The molecule has 1 atom stereocenters. The predicted molar refractivity (Wildman–Crippen MR) is 105 cm³/mol. The third-order valence-electron chi connectivity index (χ3n) is 3.65. The van der Waals surface area contributed by atoms with Gasteiger partial charge < -0.3 is 10.6 Å². The lowest BCUT2D eigenvalue weighted by Gasteiger charge is -2.25. The Hall–Kier alpha value is -0.770. The number of nitrogens with zero attached hydrogens (tertiary/aromatic N) is 2. The lowest BCUT2D eigenvalue weighted by atomic mass is 10.3. The van der Waals surface area contributed by atoms with Crippen LogP contribution in [-0.4, -0.2) is 62.1 Å².